The van der Waals surface area contributed by atoms with Gasteiger partial charge in [-0.05, 0) is 33.5 Å². The Bertz CT molecular complexity index is 894. The lowest BCUT2D eigenvalue weighted by Crippen LogP contribution is -2.45. The Hall–Kier alpha value is -2.88. The minimum atomic E-state index is -1.01. The zero-order valence-electron chi connectivity index (χ0n) is 14.3. The molecule has 0 heterocycles. The van der Waals surface area contributed by atoms with Gasteiger partial charge in [0.15, 0.2) is 0 Å². The van der Waals surface area contributed by atoms with Crippen molar-refractivity contribution in [1.82, 2.24) is 5.32 Å². The lowest BCUT2D eigenvalue weighted by molar-refractivity contribution is -0.140. The quantitative estimate of drug-likeness (QED) is 0.686. The maximum Gasteiger partial charge on any atom is 0.326 e. The van der Waals surface area contributed by atoms with E-state index >= 15 is 0 Å². The van der Waals surface area contributed by atoms with Gasteiger partial charge < -0.3 is 10.4 Å². The number of carbonyl (C=O) groups excluding carboxylic acids is 1. The first kappa shape index (κ1) is 17.0. The predicted molar refractivity (Wildman–Crippen MR) is 99.8 cm³/mol. The van der Waals surface area contributed by atoms with Crippen LogP contribution in [0.15, 0.2) is 54.6 Å². The Morgan fingerprint density at radius 3 is 2.00 bits per heavy atom. The molecular weight excluding hydrogens is 314 g/mol. The molecule has 0 aliphatic heterocycles. The van der Waals surface area contributed by atoms with Gasteiger partial charge in [-0.1, -0.05) is 68.8 Å². The Morgan fingerprint density at radius 1 is 1.00 bits per heavy atom. The van der Waals surface area contributed by atoms with Crippen LogP contribution in [0, 0.1) is 5.92 Å². The lowest BCUT2D eigenvalue weighted by Gasteiger charge is -2.21. The van der Waals surface area contributed by atoms with Gasteiger partial charge in [0.05, 0.1) is 5.56 Å². The van der Waals surface area contributed by atoms with Crippen LogP contribution in [0.3, 0.4) is 0 Å². The summed E-state index contributed by atoms with van der Waals surface area (Å²) in [6.45, 7) is 3.75. The van der Waals surface area contributed by atoms with Crippen LogP contribution >= 0.6 is 0 Å². The molecule has 0 spiro atoms. The molecule has 128 valence electrons. The second-order valence-electron chi connectivity index (χ2n) is 6.37. The van der Waals surface area contributed by atoms with Crippen LogP contribution in [-0.2, 0) is 4.79 Å². The Morgan fingerprint density at radius 2 is 1.52 bits per heavy atom. The first-order valence-corrected chi connectivity index (χ1v) is 8.47. The van der Waals surface area contributed by atoms with Gasteiger partial charge in [-0.15, -0.1) is 0 Å². The van der Waals surface area contributed by atoms with E-state index in [-0.39, 0.29) is 11.8 Å². The van der Waals surface area contributed by atoms with Gasteiger partial charge in [-0.25, -0.2) is 4.79 Å². The lowest BCUT2D eigenvalue weighted by atomic mass is 9.94. The molecule has 2 N–H and O–H groups in total. The monoisotopic (exact) mass is 335 g/mol. The summed E-state index contributed by atoms with van der Waals surface area (Å²) >= 11 is 0. The SMILES string of the molecule is CC[C@@H](C)[C@H](NC(=O)c1c2ccccc2cc2ccccc12)C(=O)O. The van der Waals surface area contributed by atoms with E-state index in [9.17, 15) is 14.7 Å². The number of carboxylic acid groups (broad SMARTS) is 1. The molecule has 3 rings (SSSR count). The molecule has 0 aromatic heterocycles. The number of carbonyl (C=O) groups is 2. The molecular formula is C21H21NO3. The molecule has 0 radical (unpaired) electrons. The molecule has 0 aliphatic carbocycles. The zero-order valence-corrected chi connectivity index (χ0v) is 14.3. The highest BCUT2D eigenvalue weighted by Gasteiger charge is 2.27. The fourth-order valence-electron chi connectivity index (χ4n) is 3.15. The Kier molecular flexibility index (Phi) is 4.70. The minimum Gasteiger partial charge on any atom is -0.480 e. The summed E-state index contributed by atoms with van der Waals surface area (Å²) in [6, 6.07) is 16.5. The molecule has 0 saturated carbocycles. The summed E-state index contributed by atoms with van der Waals surface area (Å²) in [6.07, 6.45) is 0.674. The summed E-state index contributed by atoms with van der Waals surface area (Å²) in [5, 5.41) is 15.8. The van der Waals surface area contributed by atoms with E-state index in [1.165, 1.54) is 0 Å². The standard InChI is InChI=1S/C21H21NO3/c1-3-13(2)19(21(24)25)22-20(23)18-16-10-6-4-8-14(16)12-15-9-5-7-11-17(15)18/h4-13,19H,3H2,1-2H3,(H,22,23)(H,24,25)/t13-,19+/m1/s1. The number of amides is 1. The maximum absolute atomic E-state index is 13.0. The molecule has 1 amide bonds. The Labute approximate surface area is 146 Å². The van der Waals surface area contributed by atoms with E-state index in [0.717, 1.165) is 21.5 Å². The largest absolute Gasteiger partial charge is 0.480 e. The van der Waals surface area contributed by atoms with Crippen molar-refractivity contribution in [2.24, 2.45) is 5.92 Å². The van der Waals surface area contributed by atoms with E-state index in [0.29, 0.717) is 12.0 Å². The van der Waals surface area contributed by atoms with Gasteiger partial charge in [-0.2, -0.15) is 0 Å². The molecule has 3 aromatic rings. The van der Waals surface area contributed by atoms with Crippen LogP contribution in [0.1, 0.15) is 30.6 Å². The third kappa shape index (κ3) is 3.20. The topological polar surface area (TPSA) is 66.4 Å². The van der Waals surface area contributed by atoms with Gasteiger partial charge in [0.25, 0.3) is 5.91 Å². The van der Waals surface area contributed by atoms with Gasteiger partial charge >= 0.3 is 5.97 Å². The molecule has 3 aromatic carbocycles. The summed E-state index contributed by atoms with van der Waals surface area (Å²) < 4.78 is 0. The van der Waals surface area contributed by atoms with E-state index in [2.05, 4.69) is 5.32 Å². The smallest absolute Gasteiger partial charge is 0.326 e. The highest BCUT2D eigenvalue weighted by atomic mass is 16.4. The van der Waals surface area contributed by atoms with Crippen LogP contribution in [0.25, 0.3) is 21.5 Å². The molecule has 0 saturated heterocycles. The number of benzene rings is 3. The normalized spacial score (nSPS) is 13.5. The molecule has 0 fully saturated rings. The van der Waals surface area contributed by atoms with Crippen LogP contribution in [0.2, 0.25) is 0 Å². The minimum absolute atomic E-state index is 0.150. The summed E-state index contributed by atoms with van der Waals surface area (Å²) in [5.74, 6) is -1.50. The maximum atomic E-state index is 13.0. The van der Waals surface area contributed by atoms with Crippen molar-refractivity contribution < 1.29 is 14.7 Å². The first-order chi connectivity index (χ1) is 12.0. The van der Waals surface area contributed by atoms with E-state index in [4.69, 9.17) is 0 Å². The van der Waals surface area contributed by atoms with Crippen LogP contribution in [0.5, 0.6) is 0 Å². The molecule has 4 nitrogen and oxygen atoms in total. The number of aliphatic carboxylic acids is 1. The van der Waals surface area contributed by atoms with Crippen molar-refractivity contribution in [3.05, 3.63) is 60.2 Å². The van der Waals surface area contributed by atoms with Crippen molar-refractivity contribution >= 4 is 33.4 Å². The molecule has 0 bridgehead atoms. The molecule has 25 heavy (non-hydrogen) atoms. The number of nitrogens with one attached hydrogen (secondary N) is 1. The van der Waals surface area contributed by atoms with Crippen molar-refractivity contribution in [2.45, 2.75) is 26.3 Å². The fraction of sp³-hybridized carbons (Fsp3) is 0.238. The summed E-state index contributed by atoms with van der Waals surface area (Å²) in [5.41, 5.74) is 0.531. The first-order valence-electron chi connectivity index (χ1n) is 8.47. The van der Waals surface area contributed by atoms with Crippen molar-refractivity contribution in [1.29, 1.82) is 0 Å². The zero-order chi connectivity index (χ0) is 18.0. The number of hydrogen-bond acceptors (Lipinski definition) is 2. The predicted octanol–water partition coefficient (Wildman–Crippen LogP) is 4.22. The molecule has 0 aliphatic rings. The Balaban J connectivity index is 2.15. The van der Waals surface area contributed by atoms with E-state index < -0.39 is 12.0 Å². The van der Waals surface area contributed by atoms with Crippen LogP contribution in [-0.4, -0.2) is 23.0 Å². The fourth-order valence-corrected chi connectivity index (χ4v) is 3.15. The van der Waals surface area contributed by atoms with Crippen molar-refractivity contribution in [2.75, 3.05) is 0 Å². The van der Waals surface area contributed by atoms with E-state index in [1.54, 1.807) is 0 Å². The molecule has 2 atom stereocenters. The van der Waals surface area contributed by atoms with Gasteiger partial charge in [0.2, 0.25) is 0 Å². The second-order valence-corrected chi connectivity index (χ2v) is 6.37. The molecule has 4 heteroatoms. The highest BCUT2D eigenvalue weighted by molar-refractivity contribution is 6.18. The number of fused-ring (bicyclic) bond motifs is 2. The van der Waals surface area contributed by atoms with Gasteiger partial charge in [-0.3, -0.25) is 4.79 Å². The summed E-state index contributed by atoms with van der Waals surface area (Å²) in [7, 11) is 0. The van der Waals surface area contributed by atoms with Gasteiger partial charge in [0, 0.05) is 0 Å². The average molecular weight is 335 g/mol. The van der Waals surface area contributed by atoms with Crippen LogP contribution < -0.4 is 5.32 Å². The third-order valence-corrected chi connectivity index (χ3v) is 4.76. The van der Waals surface area contributed by atoms with Crippen molar-refractivity contribution in [3.63, 3.8) is 0 Å². The number of rotatable bonds is 5. The molecule has 0 unspecified atom stereocenters. The van der Waals surface area contributed by atoms with E-state index in [1.807, 2.05) is 68.4 Å². The summed E-state index contributed by atoms with van der Waals surface area (Å²) in [4.78, 5) is 24.6. The third-order valence-electron chi connectivity index (χ3n) is 4.76. The highest BCUT2D eigenvalue weighted by Crippen LogP contribution is 2.28. The number of carboxylic acids is 1. The number of hydrogen-bond donors (Lipinski definition) is 2. The van der Waals surface area contributed by atoms with Gasteiger partial charge in [0.1, 0.15) is 6.04 Å². The van der Waals surface area contributed by atoms with Crippen molar-refractivity contribution in [3.8, 4) is 0 Å². The van der Waals surface area contributed by atoms with Crippen LogP contribution in [0.4, 0.5) is 0 Å². The average Bonchev–Trinajstić information content (AvgIpc) is 2.62. The second kappa shape index (κ2) is 6.93.